The first-order chi connectivity index (χ1) is 10.4. The second kappa shape index (κ2) is 6.79. The molecule has 0 saturated heterocycles. The van der Waals surface area contributed by atoms with E-state index in [9.17, 15) is 24.9 Å². The van der Waals surface area contributed by atoms with Gasteiger partial charge in [0, 0.05) is 12.5 Å². The van der Waals surface area contributed by atoms with E-state index in [1.807, 2.05) is 0 Å². The molecule has 1 heterocycles. The summed E-state index contributed by atoms with van der Waals surface area (Å²) < 4.78 is 5.24. The maximum absolute atomic E-state index is 12.3. The molecule has 1 aliphatic heterocycles. The SMILES string of the molecule is CC1CCCC(O)CC(=O)c2c(O)cc(O)cc2CC(=O)O1. The van der Waals surface area contributed by atoms with Crippen molar-refractivity contribution >= 4 is 11.8 Å². The summed E-state index contributed by atoms with van der Waals surface area (Å²) >= 11 is 0. The van der Waals surface area contributed by atoms with Gasteiger partial charge in [-0.1, -0.05) is 0 Å². The quantitative estimate of drug-likeness (QED) is 0.630. The second-order valence-electron chi connectivity index (χ2n) is 5.69. The van der Waals surface area contributed by atoms with Crippen LogP contribution in [0.5, 0.6) is 11.5 Å². The Bertz CT molecular complexity index is 580. The highest BCUT2D eigenvalue weighted by Gasteiger charge is 2.24. The molecule has 6 nitrogen and oxygen atoms in total. The van der Waals surface area contributed by atoms with E-state index in [1.54, 1.807) is 6.92 Å². The fourth-order valence-corrected chi connectivity index (χ4v) is 2.67. The van der Waals surface area contributed by atoms with Gasteiger partial charge in [-0.05, 0) is 37.8 Å². The van der Waals surface area contributed by atoms with Crippen molar-refractivity contribution in [2.24, 2.45) is 0 Å². The van der Waals surface area contributed by atoms with E-state index in [1.165, 1.54) is 6.07 Å². The van der Waals surface area contributed by atoms with E-state index in [0.717, 1.165) is 6.07 Å². The van der Waals surface area contributed by atoms with Gasteiger partial charge in [0.1, 0.15) is 11.5 Å². The fraction of sp³-hybridized carbons (Fsp3) is 0.500. The van der Waals surface area contributed by atoms with Gasteiger partial charge in [0.05, 0.1) is 24.2 Å². The van der Waals surface area contributed by atoms with E-state index in [-0.39, 0.29) is 35.8 Å². The number of carbonyl (C=O) groups is 2. The van der Waals surface area contributed by atoms with Gasteiger partial charge in [-0.2, -0.15) is 0 Å². The summed E-state index contributed by atoms with van der Waals surface area (Å²) in [6, 6.07) is 2.31. The van der Waals surface area contributed by atoms with Crippen LogP contribution in [-0.2, 0) is 16.0 Å². The van der Waals surface area contributed by atoms with Gasteiger partial charge in [-0.15, -0.1) is 0 Å². The zero-order valence-corrected chi connectivity index (χ0v) is 12.4. The lowest BCUT2D eigenvalue weighted by Crippen LogP contribution is -2.21. The van der Waals surface area contributed by atoms with Crippen molar-refractivity contribution in [2.75, 3.05) is 0 Å². The largest absolute Gasteiger partial charge is 0.508 e. The highest BCUT2D eigenvalue weighted by atomic mass is 16.5. The Hall–Kier alpha value is -2.08. The number of phenols is 2. The topological polar surface area (TPSA) is 104 Å². The zero-order valence-electron chi connectivity index (χ0n) is 12.4. The van der Waals surface area contributed by atoms with Crippen LogP contribution in [0.2, 0.25) is 0 Å². The smallest absolute Gasteiger partial charge is 0.310 e. The minimum absolute atomic E-state index is 0.0398. The van der Waals surface area contributed by atoms with Crippen LogP contribution in [0.15, 0.2) is 12.1 Å². The minimum Gasteiger partial charge on any atom is -0.508 e. The molecule has 0 saturated carbocycles. The normalized spacial score (nSPS) is 23.9. The maximum atomic E-state index is 12.3. The first kappa shape index (κ1) is 16.3. The lowest BCUT2D eigenvalue weighted by atomic mass is 9.94. The number of Topliss-reactive ketones (excluding diaryl/α,β-unsaturated/α-hetero) is 1. The predicted octanol–water partition coefficient (Wildman–Crippen LogP) is 1.69. The van der Waals surface area contributed by atoms with E-state index < -0.39 is 23.6 Å². The summed E-state index contributed by atoms with van der Waals surface area (Å²) in [7, 11) is 0. The van der Waals surface area contributed by atoms with Crippen LogP contribution in [0, 0.1) is 0 Å². The van der Waals surface area contributed by atoms with Crippen molar-refractivity contribution < 1.29 is 29.6 Å². The standard InChI is InChI=1S/C16H20O6/c1-9-3-2-4-11(17)7-13(19)16-10(6-15(21)22-9)5-12(18)8-14(16)20/h5,8-9,11,17-18,20H,2-4,6-7H2,1H3. The van der Waals surface area contributed by atoms with Crippen LogP contribution in [0.4, 0.5) is 0 Å². The summed E-state index contributed by atoms with van der Waals surface area (Å²) in [5, 5.41) is 29.4. The van der Waals surface area contributed by atoms with Crippen molar-refractivity contribution in [1.82, 2.24) is 0 Å². The first-order valence-electron chi connectivity index (χ1n) is 7.32. The number of aliphatic hydroxyl groups is 1. The van der Waals surface area contributed by atoms with Crippen LogP contribution in [-0.4, -0.2) is 39.3 Å². The molecule has 6 heteroatoms. The van der Waals surface area contributed by atoms with E-state index in [2.05, 4.69) is 0 Å². The number of benzene rings is 1. The van der Waals surface area contributed by atoms with Gasteiger partial charge in [0.15, 0.2) is 5.78 Å². The van der Waals surface area contributed by atoms with Crippen LogP contribution in [0.1, 0.15) is 48.5 Å². The fourth-order valence-electron chi connectivity index (χ4n) is 2.67. The summed E-state index contributed by atoms with van der Waals surface area (Å²) in [5.74, 6) is -1.61. The number of aromatic hydroxyl groups is 2. The van der Waals surface area contributed by atoms with Crippen LogP contribution >= 0.6 is 0 Å². The van der Waals surface area contributed by atoms with Gasteiger partial charge in [0.25, 0.3) is 0 Å². The Morgan fingerprint density at radius 1 is 1.18 bits per heavy atom. The number of hydrogen-bond donors (Lipinski definition) is 3. The average Bonchev–Trinajstić information content (AvgIpc) is 2.35. The minimum atomic E-state index is -0.809. The van der Waals surface area contributed by atoms with Gasteiger partial charge in [0.2, 0.25) is 0 Å². The lowest BCUT2D eigenvalue weighted by Gasteiger charge is -2.18. The maximum Gasteiger partial charge on any atom is 0.310 e. The molecule has 2 unspecified atom stereocenters. The van der Waals surface area contributed by atoms with Crippen molar-refractivity contribution in [3.05, 3.63) is 23.3 Å². The van der Waals surface area contributed by atoms with E-state index in [0.29, 0.717) is 19.3 Å². The van der Waals surface area contributed by atoms with Gasteiger partial charge in [-0.25, -0.2) is 0 Å². The number of hydrogen-bond acceptors (Lipinski definition) is 6. The molecule has 2 rings (SSSR count). The molecular weight excluding hydrogens is 288 g/mol. The third-order valence-corrected chi connectivity index (χ3v) is 3.70. The molecule has 22 heavy (non-hydrogen) atoms. The molecule has 120 valence electrons. The average molecular weight is 308 g/mol. The van der Waals surface area contributed by atoms with Crippen LogP contribution in [0.25, 0.3) is 0 Å². The Kier molecular flexibility index (Phi) is 5.03. The number of esters is 1. The molecule has 1 aromatic carbocycles. The molecule has 0 bridgehead atoms. The molecule has 0 aliphatic carbocycles. The Morgan fingerprint density at radius 2 is 1.91 bits per heavy atom. The molecule has 2 atom stereocenters. The summed E-state index contributed by atoms with van der Waals surface area (Å²) in [5.41, 5.74) is 0.162. The molecular formula is C16H20O6. The molecule has 0 radical (unpaired) electrons. The Balaban J connectivity index is 2.40. The predicted molar refractivity (Wildman–Crippen MR) is 77.8 cm³/mol. The third kappa shape index (κ3) is 3.98. The number of ether oxygens (including phenoxy) is 1. The van der Waals surface area contributed by atoms with Crippen LogP contribution in [0.3, 0.4) is 0 Å². The van der Waals surface area contributed by atoms with Crippen molar-refractivity contribution in [3.8, 4) is 11.5 Å². The third-order valence-electron chi connectivity index (χ3n) is 3.70. The van der Waals surface area contributed by atoms with E-state index in [4.69, 9.17) is 4.74 Å². The monoisotopic (exact) mass is 308 g/mol. The Labute approximate surface area is 128 Å². The lowest BCUT2D eigenvalue weighted by molar-refractivity contribution is -0.147. The summed E-state index contributed by atoms with van der Waals surface area (Å²) in [4.78, 5) is 24.2. The van der Waals surface area contributed by atoms with Gasteiger partial charge in [-0.3, -0.25) is 9.59 Å². The number of aliphatic hydroxyl groups excluding tert-OH is 1. The number of fused-ring (bicyclic) bond motifs is 1. The second-order valence-corrected chi connectivity index (χ2v) is 5.69. The first-order valence-corrected chi connectivity index (χ1v) is 7.32. The molecule has 0 amide bonds. The zero-order chi connectivity index (χ0) is 16.3. The number of carbonyl (C=O) groups excluding carboxylic acids is 2. The van der Waals surface area contributed by atoms with Crippen molar-refractivity contribution in [1.29, 1.82) is 0 Å². The molecule has 0 spiro atoms. The van der Waals surface area contributed by atoms with Gasteiger partial charge >= 0.3 is 5.97 Å². The molecule has 3 N–H and O–H groups in total. The Morgan fingerprint density at radius 3 is 2.64 bits per heavy atom. The number of ketones is 1. The molecule has 1 aromatic rings. The highest BCUT2D eigenvalue weighted by molar-refractivity contribution is 6.01. The molecule has 1 aliphatic rings. The van der Waals surface area contributed by atoms with Crippen molar-refractivity contribution in [3.63, 3.8) is 0 Å². The molecule has 0 aromatic heterocycles. The van der Waals surface area contributed by atoms with Crippen molar-refractivity contribution in [2.45, 2.75) is 51.2 Å². The summed E-state index contributed by atoms with van der Waals surface area (Å²) in [6.07, 6.45) is 0.215. The molecule has 0 fully saturated rings. The number of phenolic OH excluding ortho intramolecular Hbond substituents is 2. The van der Waals surface area contributed by atoms with E-state index >= 15 is 0 Å². The summed E-state index contributed by atoms with van der Waals surface area (Å²) in [6.45, 7) is 1.77. The van der Waals surface area contributed by atoms with Gasteiger partial charge < -0.3 is 20.1 Å². The number of rotatable bonds is 0. The number of cyclic esters (lactones) is 1. The van der Waals surface area contributed by atoms with Crippen LogP contribution < -0.4 is 0 Å². The highest BCUT2D eigenvalue weighted by Crippen LogP contribution is 2.30.